The van der Waals surface area contributed by atoms with E-state index in [1.54, 1.807) is 0 Å². The SMILES string of the molecule is C=C(C)C1[CH]CC1C(=C)C. The van der Waals surface area contributed by atoms with Crippen molar-refractivity contribution in [3.63, 3.8) is 0 Å². The second kappa shape index (κ2) is 2.61. The molecular formula is C10H15. The molecular weight excluding hydrogens is 120 g/mol. The average molecular weight is 135 g/mol. The zero-order valence-electron chi connectivity index (χ0n) is 6.85. The lowest BCUT2D eigenvalue weighted by Gasteiger charge is -2.37. The van der Waals surface area contributed by atoms with E-state index in [1.165, 1.54) is 17.6 Å². The van der Waals surface area contributed by atoms with Gasteiger partial charge in [-0.3, -0.25) is 0 Å². The summed E-state index contributed by atoms with van der Waals surface area (Å²) in [7, 11) is 0. The van der Waals surface area contributed by atoms with Crippen LogP contribution < -0.4 is 0 Å². The summed E-state index contributed by atoms with van der Waals surface area (Å²) in [6.45, 7) is 12.1. The molecule has 1 aliphatic rings. The highest BCUT2D eigenvalue weighted by Gasteiger charge is 2.31. The Labute approximate surface area is 63.6 Å². The van der Waals surface area contributed by atoms with Crippen molar-refractivity contribution in [2.75, 3.05) is 0 Å². The summed E-state index contributed by atoms with van der Waals surface area (Å²) in [6.07, 6.45) is 3.52. The van der Waals surface area contributed by atoms with Crippen LogP contribution in [0.5, 0.6) is 0 Å². The first-order valence-electron chi connectivity index (χ1n) is 3.77. The fraction of sp³-hybridized carbons (Fsp3) is 0.500. The number of allylic oxidation sites excluding steroid dienone is 2. The van der Waals surface area contributed by atoms with Gasteiger partial charge in [0.2, 0.25) is 0 Å². The fourth-order valence-corrected chi connectivity index (χ4v) is 1.46. The quantitative estimate of drug-likeness (QED) is 0.511. The maximum atomic E-state index is 3.95. The minimum absolute atomic E-state index is 0.623. The maximum absolute atomic E-state index is 3.95. The summed E-state index contributed by atoms with van der Waals surface area (Å²) >= 11 is 0. The molecule has 0 spiro atoms. The topological polar surface area (TPSA) is 0 Å². The molecule has 55 valence electrons. The normalized spacial score (nSPS) is 31.0. The Morgan fingerprint density at radius 1 is 1.30 bits per heavy atom. The third kappa shape index (κ3) is 1.16. The summed E-state index contributed by atoms with van der Waals surface area (Å²) in [6, 6.07) is 0. The molecule has 0 aromatic rings. The van der Waals surface area contributed by atoms with Crippen LogP contribution in [-0.2, 0) is 0 Å². The van der Waals surface area contributed by atoms with E-state index in [2.05, 4.69) is 33.4 Å². The zero-order valence-corrected chi connectivity index (χ0v) is 6.85. The molecule has 2 atom stereocenters. The van der Waals surface area contributed by atoms with E-state index in [-0.39, 0.29) is 0 Å². The maximum Gasteiger partial charge on any atom is -0.0112 e. The monoisotopic (exact) mass is 135 g/mol. The van der Waals surface area contributed by atoms with Crippen molar-refractivity contribution in [3.05, 3.63) is 30.7 Å². The summed E-state index contributed by atoms with van der Waals surface area (Å²) in [5, 5.41) is 0. The van der Waals surface area contributed by atoms with E-state index in [0.29, 0.717) is 11.8 Å². The van der Waals surface area contributed by atoms with Gasteiger partial charge in [-0.05, 0) is 38.5 Å². The summed E-state index contributed by atoms with van der Waals surface area (Å²) in [4.78, 5) is 0. The first kappa shape index (κ1) is 7.59. The Morgan fingerprint density at radius 3 is 2.00 bits per heavy atom. The molecule has 0 heterocycles. The first-order chi connectivity index (χ1) is 4.63. The molecule has 1 saturated carbocycles. The van der Waals surface area contributed by atoms with Crippen molar-refractivity contribution in [2.45, 2.75) is 20.3 Å². The lowest BCUT2D eigenvalue weighted by atomic mass is 9.67. The summed E-state index contributed by atoms with van der Waals surface area (Å²) in [5.41, 5.74) is 2.58. The molecule has 1 fully saturated rings. The van der Waals surface area contributed by atoms with Crippen LogP contribution in [0, 0.1) is 18.3 Å². The smallest absolute Gasteiger partial charge is 0.0112 e. The van der Waals surface area contributed by atoms with Crippen LogP contribution in [0.1, 0.15) is 20.3 Å². The average Bonchev–Trinajstić information content (AvgIpc) is 1.56. The molecule has 0 saturated heterocycles. The second-order valence-electron chi connectivity index (χ2n) is 3.30. The van der Waals surface area contributed by atoms with Gasteiger partial charge in [0, 0.05) is 0 Å². The molecule has 0 nitrogen and oxygen atoms in total. The van der Waals surface area contributed by atoms with E-state index in [0.717, 1.165) is 0 Å². The zero-order chi connectivity index (χ0) is 7.72. The van der Waals surface area contributed by atoms with Gasteiger partial charge >= 0.3 is 0 Å². The summed E-state index contributed by atoms with van der Waals surface area (Å²) < 4.78 is 0. The first-order valence-corrected chi connectivity index (χ1v) is 3.77. The van der Waals surface area contributed by atoms with Crippen molar-refractivity contribution in [1.82, 2.24) is 0 Å². The Bertz CT molecular complexity index is 145. The molecule has 10 heavy (non-hydrogen) atoms. The van der Waals surface area contributed by atoms with Gasteiger partial charge in [-0.15, -0.1) is 0 Å². The van der Waals surface area contributed by atoms with Crippen molar-refractivity contribution < 1.29 is 0 Å². The Hall–Kier alpha value is -0.520. The molecule has 1 aliphatic carbocycles. The number of hydrogen-bond donors (Lipinski definition) is 0. The minimum atomic E-state index is 0.623. The molecule has 1 radical (unpaired) electrons. The molecule has 0 amide bonds. The van der Waals surface area contributed by atoms with Gasteiger partial charge in [-0.25, -0.2) is 0 Å². The highest BCUT2D eigenvalue weighted by Crippen LogP contribution is 2.41. The fourth-order valence-electron chi connectivity index (χ4n) is 1.46. The summed E-state index contributed by atoms with van der Waals surface area (Å²) in [5.74, 6) is 1.31. The van der Waals surface area contributed by atoms with Crippen molar-refractivity contribution in [2.24, 2.45) is 11.8 Å². The Morgan fingerprint density at radius 2 is 1.90 bits per heavy atom. The van der Waals surface area contributed by atoms with Crippen LogP contribution in [0.3, 0.4) is 0 Å². The lowest BCUT2D eigenvalue weighted by Crippen LogP contribution is -2.27. The second-order valence-corrected chi connectivity index (χ2v) is 3.30. The largest absolute Gasteiger partial charge is 0.0998 e. The van der Waals surface area contributed by atoms with Crippen molar-refractivity contribution >= 4 is 0 Å². The number of hydrogen-bond acceptors (Lipinski definition) is 0. The van der Waals surface area contributed by atoms with Crippen LogP contribution in [0.4, 0.5) is 0 Å². The standard InChI is InChI=1S/C10H15/c1-7(2)9-5-6-10(9)8(3)4/h5,9-10H,1,3,6H2,2,4H3. The molecule has 2 unspecified atom stereocenters. The predicted molar refractivity (Wildman–Crippen MR) is 45.5 cm³/mol. The third-order valence-corrected chi connectivity index (χ3v) is 2.28. The molecule has 0 N–H and O–H groups in total. The van der Waals surface area contributed by atoms with E-state index in [9.17, 15) is 0 Å². The minimum Gasteiger partial charge on any atom is -0.0998 e. The molecule has 1 rings (SSSR count). The molecule has 0 heteroatoms. The highest BCUT2D eigenvalue weighted by atomic mass is 14.4. The molecule has 0 aliphatic heterocycles. The molecule has 0 aromatic heterocycles. The Kier molecular flexibility index (Phi) is 1.98. The molecule has 0 aromatic carbocycles. The van der Waals surface area contributed by atoms with Gasteiger partial charge in [-0.1, -0.05) is 24.3 Å². The van der Waals surface area contributed by atoms with Gasteiger partial charge < -0.3 is 0 Å². The van der Waals surface area contributed by atoms with Crippen LogP contribution in [0.2, 0.25) is 0 Å². The van der Waals surface area contributed by atoms with Crippen LogP contribution in [0.15, 0.2) is 24.3 Å². The van der Waals surface area contributed by atoms with Gasteiger partial charge in [0.15, 0.2) is 0 Å². The number of rotatable bonds is 2. The van der Waals surface area contributed by atoms with Crippen molar-refractivity contribution in [3.8, 4) is 0 Å². The van der Waals surface area contributed by atoms with Gasteiger partial charge in [0.05, 0.1) is 0 Å². The van der Waals surface area contributed by atoms with E-state index in [1.807, 2.05) is 0 Å². The van der Waals surface area contributed by atoms with Gasteiger partial charge in [0.25, 0.3) is 0 Å². The van der Waals surface area contributed by atoms with E-state index in [4.69, 9.17) is 0 Å². The highest BCUT2D eigenvalue weighted by molar-refractivity contribution is 5.20. The molecule has 0 bridgehead atoms. The van der Waals surface area contributed by atoms with Crippen LogP contribution in [-0.4, -0.2) is 0 Å². The van der Waals surface area contributed by atoms with Crippen molar-refractivity contribution in [1.29, 1.82) is 0 Å². The van der Waals surface area contributed by atoms with Gasteiger partial charge in [-0.2, -0.15) is 0 Å². The lowest BCUT2D eigenvalue weighted by molar-refractivity contribution is 0.359. The van der Waals surface area contributed by atoms with Gasteiger partial charge in [0.1, 0.15) is 0 Å². The Balaban J connectivity index is 2.51. The van der Waals surface area contributed by atoms with Crippen LogP contribution in [0.25, 0.3) is 0 Å². The third-order valence-electron chi connectivity index (χ3n) is 2.28. The predicted octanol–water partition coefficient (Wildman–Crippen LogP) is 2.98. The van der Waals surface area contributed by atoms with E-state index >= 15 is 0 Å². The van der Waals surface area contributed by atoms with Crippen LogP contribution >= 0.6 is 0 Å². The van der Waals surface area contributed by atoms with E-state index < -0.39 is 0 Å².